The van der Waals surface area contributed by atoms with Crippen molar-refractivity contribution >= 4 is 43.7 Å². The summed E-state index contributed by atoms with van der Waals surface area (Å²) in [7, 11) is 0. The van der Waals surface area contributed by atoms with Gasteiger partial charge in [-0.15, -0.1) is 0 Å². The number of fused-ring (bicyclic) bond motifs is 3. The average molecular weight is 410 g/mol. The van der Waals surface area contributed by atoms with Gasteiger partial charge in [-0.25, -0.2) is 0 Å². The molecule has 0 unspecified atom stereocenters. The molecular weight excluding hydrogens is 394 g/mol. The molecule has 0 aliphatic rings. The van der Waals surface area contributed by atoms with Crippen molar-refractivity contribution in [2.24, 2.45) is 0 Å². The molecule has 26 heavy (non-hydrogen) atoms. The Balaban J connectivity index is 2.01. The Morgan fingerprint density at radius 2 is 1.96 bits per heavy atom. The molecule has 0 aliphatic carbocycles. The molecule has 4 rings (SSSR count). The van der Waals surface area contributed by atoms with Gasteiger partial charge in [0, 0.05) is 27.0 Å². The predicted octanol–water partition coefficient (Wildman–Crippen LogP) is 4.58. The van der Waals surface area contributed by atoms with E-state index >= 15 is 0 Å². The molecule has 2 aromatic heterocycles. The molecule has 6 heteroatoms. The van der Waals surface area contributed by atoms with Crippen LogP contribution in [0.5, 0.6) is 0 Å². The van der Waals surface area contributed by atoms with Crippen molar-refractivity contribution in [3.8, 4) is 11.3 Å². The number of rotatable bonds is 4. The van der Waals surface area contributed by atoms with Gasteiger partial charge in [0.15, 0.2) is 0 Å². The van der Waals surface area contributed by atoms with Crippen LogP contribution in [-0.2, 0) is 16.1 Å². The first-order valence-electron chi connectivity index (χ1n) is 8.33. The summed E-state index contributed by atoms with van der Waals surface area (Å²) in [5.74, 6) is -0.309. The second kappa shape index (κ2) is 6.88. The number of pyridine rings is 1. The van der Waals surface area contributed by atoms with Gasteiger partial charge in [0.2, 0.25) is 0 Å². The fraction of sp³-hybridized carbons (Fsp3) is 0.150. The quantitative estimate of drug-likeness (QED) is 0.463. The Bertz CT molecular complexity index is 1110. The summed E-state index contributed by atoms with van der Waals surface area (Å²) in [4.78, 5) is 16.7. The fourth-order valence-electron chi connectivity index (χ4n) is 3.08. The van der Waals surface area contributed by atoms with Crippen molar-refractivity contribution in [3.05, 3.63) is 59.2 Å². The zero-order valence-electron chi connectivity index (χ0n) is 14.1. The standard InChI is InChI=1S/C20H16BrN3O2/c1-2-26-18(25)12-24-20-15-10-14(21)8-9-17(15)22-11-16(20)19(23-24)13-6-4-3-5-7-13/h3-11H,2,12H2,1H3. The number of aromatic nitrogens is 3. The monoisotopic (exact) mass is 409 g/mol. The first kappa shape index (κ1) is 16.7. The van der Waals surface area contributed by atoms with Gasteiger partial charge < -0.3 is 4.74 Å². The topological polar surface area (TPSA) is 57.0 Å². The lowest BCUT2D eigenvalue weighted by atomic mass is 10.1. The highest BCUT2D eigenvalue weighted by Gasteiger charge is 2.18. The van der Waals surface area contributed by atoms with Crippen molar-refractivity contribution in [1.29, 1.82) is 0 Å². The number of nitrogens with zero attached hydrogens (tertiary/aromatic N) is 3. The SMILES string of the molecule is CCOC(=O)Cn1nc(-c2ccccc2)c2cnc3ccc(Br)cc3c21. The van der Waals surface area contributed by atoms with Crippen LogP contribution in [0.15, 0.2) is 59.2 Å². The summed E-state index contributed by atoms with van der Waals surface area (Å²) in [6.07, 6.45) is 1.82. The van der Waals surface area contributed by atoms with Crippen LogP contribution in [0.3, 0.4) is 0 Å². The van der Waals surface area contributed by atoms with E-state index in [4.69, 9.17) is 9.84 Å². The molecular formula is C20H16BrN3O2. The maximum Gasteiger partial charge on any atom is 0.327 e. The Hall–Kier alpha value is -2.73. The predicted molar refractivity (Wildman–Crippen MR) is 105 cm³/mol. The number of ether oxygens (including phenoxy) is 1. The molecule has 130 valence electrons. The van der Waals surface area contributed by atoms with Gasteiger partial charge in [-0.1, -0.05) is 46.3 Å². The molecule has 0 saturated heterocycles. The molecule has 0 atom stereocenters. The second-order valence-electron chi connectivity index (χ2n) is 5.86. The van der Waals surface area contributed by atoms with Gasteiger partial charge in [0.05, 0.1) is 17.6 Å². The molecule has 4 aromatic rings. The number of esters is 1. The lowest BCUT2D eigenvalue weighted by Crippen LogP contribution is -2.14. The van der Waals surface area contributed by atoms with Gasteiger partial charge in [0.25, 0.3) is 0 Å². The second-order valence-corrected chi connectivity index (χ2v) is 6.77. The molecule has 0 bridgehead atoms. The zero-order chi connectivity index (χ0) is 18.1. The van der Waals surface area contributed by atoms with Crippen LogP contribution in [0, 0.1) is 0 Å². The van der Waals surface area contributed by atoms with Crippen molar-refractivity contribution in [2.45, 2.75) is 13.5 Å². The summed E-state index contributed by atoms with van der Waals surface area (Å²) in [6, 6.07) is 15.8. The highest BCUT2D eigenvalue weighted by atomic mass is 79.9. The normalized spacial score (nSPS) is 11.2. The highest BCUT2D eigenvalue weighted by Crippen LogP contribution is 2.33. The van der Waals surface area contributed by atoms with Crippen LogP contribution in [0.2, 0.25) is 0 Å². The van der Waals surface area contributed by atoms with Crippen LogP contribution in [-0.4, -0.2) is 27.3 Å². The van der Waals surface area contributed by atoms with Crippen molar-refractivity contribution in [3.63, 3.8) is 0 Å². The smallest absolute Gasteiger partial charge is 0.327 e. The van der Waals surface area contributed by atoms with Gasteiger partial charge in [-0.3, -0.25) is 14.5 Å². The van der Waals surface area contributed by atoms with Gasteiger partial charge in [0.1, 0.15) is 12.2 Å². The Morgan fingerprint density at radius 1 is 1.15 bits per heavy atom. The Labute approximate surface area is 158 Å². The van der Waals surface area contributed by atoms with E-state index in [1.165, 1.54) is 0 Å². The van der Waals surface area contributed by atoms with Crippen LogP contribution in [0.4, 0.5) is 0 Å². The van der Waals surface area contributed by atoms with Gasteiger partial charge in [-0.05, 0) is 25.1 Å². The number of hydrogen-bond acceptors (Lipinski definition) is 4. The molecule has 0 radical (unpaired) electrons. The van der Waals surface area contributed by atoms with E-state index in [0.29, 0.717) is 6.61 Å². The minimum Gasteiger partial charge on any atom is -0.465 e. The molecule has 0 N–H and O–H groups in total. The van der Waals surface area contributed by atoms with Gasteiger partial charge >= 0.3 is 5.97 Å². The molecule has 0 amide bonds. The molecule has 5 nitrogen and oxygen atoms in total. The number of halogens is 1. The van der Waals surface area contributed by atoms with Crippen LogP contribution < -0.4 is 0 Å². The summed E-state index contributed by atoms with van der Waals surface area (Å²) in [6.45, 7) is 2.20. The van der Waals surface area contributed by atoms with Crippen LogP contribution in [0.1, 0.15) is 6.92 Å². The zero-order valence-corrected chi connectivity index (χ0v) is 15.7. The first-order valence-corrected chi connectivity index (χ1v) is 9.12. The Morgan fingerprint density at radius 3 is 2.73 bits per heavy atom. The third-order valence-electron chi connectivity index (χ3n) is 4.17. The minimum absolute atomic E-state index is 0.0583. The first-order chi connectivity index (χ1) is 12.7. The maximum absolute atomic E-state index is 12.1. The molecule has 0 fully saturated rings. The summed E-state index contributed by atoms with van der Waals surface area (Å²) in [5.41, 5.74) is 3.52. The lowest BCUT2D eigenvalue weighted by Gasteiger charge is -2.06. The van der Waals surface area contributed by atoms with E-state index in [9.17, 15) is 4.79 Å². The largest absolute Gasteiger partial charge is 0.465 e. The third kappa shape index (κ3) is 2.97. The number of carbonyl (C=O) groups excluding carboxylic acids is 1. The van der Waals surface area contributed by atoms with E-state index in [2.05, 4.69) is 20.9 Å². The Kier molecular flexibility index (Phi) is 4.42. The minimum atomic E-state index is -0.309. The van der Waals surface area contributed by atoms with Crippen molar-refractivity contribution in [2.75, 3.05) is 6.61 Å². The number of benzene rings is 2. The maximum atomic E-state index is 12.1. The third-order valence-corrected chi connectivity index (χ3v) is 4.66. The highest BCUT2D eigenvalue weighted by molar-refractivity contribution is 9.10. The van der Waals surface area contributed by atoms with E-state index in [0.717, 1.165) is 37.5 Å². The van der Waals surface area contributed by atoms with E-state index < -0.39 is 0 Å². The summed E-state index contributed by atoms with van der Waals surface area (Å²) >= 11 is 3.52. The van der Waals surface area contributed by atoms with Crippen LogP contribution >= 0.6 is 15.9 Å². The average Bonchev–Trinajstić information content (AvgIpc) is 3.01. The fourth-order valence-corrected chi connectivity index (χ4v) is 3.44. The van der Waals surface area contributed by atoms with E-state index in [-0.39, 0.29) is 12.5 Å². The van der Waals surface area contributed by atoms with Crippen molar-refractivity contribution in [1.82, 2.24) is 14.8 Å². The number of hydrogen-bond donors (Lipinski definition) is 0. The molecule has 0 spiro atoms. The summed E-state index contributed by atoms with van der Waals surface area (Å²) in [5, 5.41) is 6.57. The van der Waals surface area contributed by atoms with E-state index in [1.807, 2.05) is 54.7 Å². The number of carbonyl (C=O) groups is 1. The van der Waals surface area contributed by atoms with Crippen molar-refractivity contribution < 1.29 is 9.53 Å². The lowest BCUT2D eigenvalue weighted by molar-refractivity contribution is -0.143. The molecule has 2 heterocycles. The van der Waals surface area contributed by atoms with Crippen LogP contribution in [0.25, 0.3) is 33.1 Å². The van der Waals surface area contributed by atoms with E-state index in [1.54, 1.807) is 11.6 Å². The van der Waals surface area contributed by atoms with Gasteiger partial charge in [-0.2, -0.15) is 5.10 Å². The molecule has 0 aliphatic heterocycles. The molecule has 0 saturated carbocycles. The molecule has 2 aromatic carbocycles. The summed E-state index contributed by atoms with van der Waals surface area (Å²) < 4.78 is 7.78.